The molecule has 1 saturated carbocycles. The van der Waals surface area contributed by atoms with Crippen molar-refractivity contribution in [2.24, 2.45) is 5.92 Å². The molecule has 0 saturated heterocycles. The number of nitrogens with one attached hydrogen (secondary N) is 1. The Hall–Kier alpha value is -1.65. The van der Waals surface area contributed by atoms with Crippen molar-refractivity contribution in [3.63, 3.8) is 0 Å². The average Bonchev–Trinajstić information content (AvgIpc) is 3.08. The second-order valence-corrected chi connectivity index (χ2v) is 5.98. The van der Waals surface area contributed by atoms with Gasteiger partial charge in [-0.15, -0.1) is 0 Å². The monoisotopic (exact) mass is 263 g/mol. The molecule has 0 bridgehead atoms. The maximum atomic E-state index is 11.6. The van der Waals surface area contributed by atoms with Gasteiger partial charge in [0.2, 0.25) is 0 Å². The van der Waals surface area contributed by atoms with Crippen LogP contribution in [0.5, 0.6) is 0 Å². The van der Waals surface area contributed by atoms with Crippen molar-refractivity contribution in [3.05, 3.63) is 18.1 Å². The van der Waals surface area contributed by atoms with Gasteiger partial charge in [0, 0.05) is 11.8 Å². The second kappa shape index (κ2) is 5.55. The predicted octanol–water partition coefficient (Wildman–Crippen LogP) is 2.18. The molecule has 5 nitrogen and oxygen atoms in total. The van der Waals surface area contributed by atoms with Crippen molar-refractivity contribution in [1.82, 2.24) is 9.97 Å². The number of rotatable bonds is 5. The van der Waals surface area contributed by atoms with E-state index >= 15 is 0 Å². The van der Waals surface area contributed by atoms with Gasteiger partial charge in [-0.25, -0.2) is 9.97 Å². The number of aromatic nitrogens is 2. The van der Waals surface area contributed by atoms with Crippen LogP contribution in [0.1, 0.15) is 39.3 Å². The normalized spacial score (nSPS) is 15.1. The molecule has 1 heterocycles. The van der Waals surface area contributed by atoms with E-state index in [2.05, 4.69) is 15.3 Å². The lowest BCUT2D eigenvalue weighted by Gasteiger charge is -2.19. The summed E-state index contributed by atoms with van der Waals surface area (Å²) in [6, 6.07) is 1.91. The summed E-state index contributed by atoms with van der Waals surface area (Å²) >= 11 is 0. The van der Waals surface area contributed by atoms with E-state index in [-0.39, 0.29) is 12.5 Å². The van der Waals surface area contributed by atoms with Gasteiger partial charge in [0.25, 0.3) is 0 Å². The molecule has 0 unspecified atom stereocenters. The van der Waals surface area contributed by atoms with Crippen LogP contribution in [0.25, 0.3) is 0 Å². The molecule has 0 aliphatic heterocycles. The van der Waals surface area contributed by atoms with E-state index in [1.807, 2.05) is 26.8 Å². The Kier molecular flexibility index (Phi) is 4.02. The number of anilines is 1. The fraction of sp³-hybridized carbons (Fsp3) is 0.643. The highest BCUT2D eigenvalue weighted by Gasteiger charge is 2.22. The highest BCUT2D eigenvalue weighted by molar-refractivity contribution is 5.74. The summed E-state index contributed by atoms with van der Waals surface area (Å²) in [4.78, 5) is 19.9. The van der Waals surface area contributed by atoms with E-state index in [1.54, 1.807) is 0 Å². The summed E-state index contributed by atoms with van der Waals surface area (Å²) in [5.41, 5.74) is 0.575. The molecule has 0 atom stereocenters. The third-order valence-electron chi connectivity index (χ3n) is 2.75. The van der Waals surface area contributed by atoms with Crippen molar-refractivity contribution in [1.29, 1.82) is 0 Å². The van der Waals surface area contributed by atoms with Gasteiger partial charge in [0.1, 0.15) is 24.3 Å². The third kappa shape index (κ3) is 5.24. The Morgan fingerprint density at radius 2 is 2.16 bits per heavy atom. The van der Waals surface area contributed by atoms with Crippen LogP contribution in [0.2, 0.25) is 0 Å². The highest BCUT2D eigenvalue weighted by atomic mass is 16.6. The van der Waals surface area contributed by atoms with Crippen molar-refractivity contribution in [2.45, 2.75) is 45.6 Å². The number of hydrogen-bond donors (Lipinski definition) is 1. The average molecular weight is 263 g/mol. The Balaban J connectivity index is 1.83. The van der Waals surface area contributed by atoms with Crippen LogP contribution in [0, 0.1) is 5.92 Å². The summed E-state index contributed by atoms with van der Waals surface area (Å²) in [5, 5.41) is 2.98. The van der Waals surface area contributed by atoms with Crippen LogP contribution in [0.15, 0.2) is 12.4 Å². The molecule has 0 radical (unpaired) electrons. The van der Waals surface area contributed by atoms with Gasteiger partial charge in [-0.3, -0.25) is 4.79 Å². The summed E-state index contributed by atoms with van der Waals surface area (Å²) < 4.78 is 5.22. The molecule has 1 aromatic rings. The highest BCUT2D eigenvalue weighted by Crippen LogP contribution is 2.32. The van der Waals surface area contributed by atoms with Gasteiger partial charge >= 0.3 is 5.97 Å². The van der Waals surface area contributed by atoms with Gasteiger partial charge < -0.3 is 10.1 Å². The molecule has 1 aromatic heterocycles. The first-order chi connectivity index (χ1) is 8.92. The quantitative estimate of drug-likeness (QED) is 0.825. The van der Waals surface area contributed by atoms with Crippen LogP contribution < -0.4 is 5.32 Å². The zero-order chi connectivity index (χ0) is 13.9. The first-order valence-electron chi connectivity index (χ1n) is 6.69. The van der Waals surface area contributed by atoms with Crippen LogP contribution >= 0.6 is 0 Å². The lowest BCUT2D eigenvalue weighted by molar-refractivity contribution is -0.152. The fourth-order valence-corrected chi connectivity index (χ4v) is 1.76. The molecule has 0 amide bonds. The molecule has 1 fully saturated rings. The summed E-state index contributed by atoms with van der Waals surface area (Å²) in [6.45, 7) is 5.67. The molecule has 0 spiro atoms. The first kappa shape index (κ1) is 13.8. The molecule has 104 valence electrons. The van der Waals surface area contributed by atoms with Crippen molar-refractivity contribution >= 4 is 11.8 Å². The lowest BCUT2D eigenvalue weighted by Crippen LogP contribution is -2.28. The SMILES string of the molecule is CC(C)(C)OC(=O)CNc1cc(CC2CC2)ncn1. The molecule has 1 N–H and O–H groups in total. The largest absolute Gasteiger partial charge is 0.459 e. The number of ether oxygens (including phenoxy) is 1. The Morgan fingerprint density at radius 1 is 1.42 bits per heavy atom. The van der Waals surface area contributed by atoms with Gasteiger partial charge in [-0.1, -0.05) is 0 Å². The minimum atomic E-state index is -0.457. The predicted molar refractivity (Wildman–Crippen MR) is 72.8 cm³/mol. The number of carbonyl (C=O) groups is 1. The topological polar surface area (TPSA) is 64.1 Å². The smallest absolute Gasteiger partial charge is 0.325 e. The van der Waals surface area contributed by atoms with E-state index in [1.165, 1.54) is 19.2 Å². The third-order valence-corrected chi connectivity index (χ3v) is 2.75. The van der Waals surface area contributed by atoms with E-state index in [0.717, 1.165) is 18.0 Å². The Labute approximate surface area is 113 Å². The van der Waals surface area contributed by atoms with Crippen molar-refractivity contribution in [2.75, 3.05) is 11.9 Å². The van der Waals surface area contributed by atoms with Crippen LogP contribution in [0.4, 0.5) is 5.82 Å². The lowest BCUT2D eigenvalue weighted by atomic mass is 10.2. The van der Waals surface area contributed by atoms with Gasteiger partial charge in [0.05, 0.1) is 0 Å². The standard InChI is InChI=1S/C14H21N3O2/c1-14(2,3)19-13(18)8-15-12-7-11(16-9-17-12)6-10-4-5-10/h7,9-10H,4-6,8H2,1-3H3,(H,15,16,17). The molecule has 2 rings (SSSR count). The summed E-state index contributed by atoms with van der Waals surface area (Å²) in [5.74, 6) is 1.18. The molecule has 0 aromatic carbocycles. The molecule has 1 aliphatic carbocycles. The maximum absolute atomic E-state index is 11.6. The van der Waals surface area contributed by atoms with Gasteiger partial charge in [-0.2, -0.15) is 0 Å². The van der Waals surface area contributed by atoms with Crippen LogP contribution in [0.3, 0.4) is 0 Å². The van der Waals surface area contributed by atoms with E-state index in [9.17, 15) is 4.79 Å². The number of hydrogen-bond acceptors (Lipinski definition) is 5. The van der Waals surface area contributed by atoms with E-state index < -0.39 is 5.60 Å². The van der Waals surface area contributed by atoms with E-state index in [0.29, 0.717) is 5.82 Å². The minimum Gasteiger partial charge on any atom is -0.459 e. The molecular formula is C14H21N3O2. The fourth-order valence-electron chi connectivity index (χ4n) is 1.76. The van der Waals surface area contributed by atoms with Crippen molar-refractivity contribution < 1.29 is 9.53 Å². The molecule has 5 heteroatoms. The number of nitrogens with zero attached hydrogens (tertiary/aromatic N) is 2. The second-order valence-electron chi connectivity index (χ2n) is 5.98. The summed E-state index contributed by atoms with van der Waals surface area (Å²) in [7, 11) is 0. The molecule has 1 aliphatic rings. The number of carbonyl (C=O) groups excluding carboxylic acids is 1. The van der Waals surface area contributed by atoms with Gasteiger partial charge in [0.15, 0.2) is 0 Å². The van der Waals surface area contributed by atoms with Crippen LogP contribution in [-0.2, 0) is 16.0 Å². The Bertz CT molecular complexity index is 450. The molecule has 19 heavy (non-hydrogen) atoms. The van der Waals surface area contributed by atoms with Crippen LogP contribution in [-0.4, -0.2) is 28.1 Å². The first-order valence-corrected chi connectivity index (χ1v) is 6.69. The van der Waals surface area contributed by atoms with E-state index in [4.69, 9.17) is 4.74 Å². The van der Waals surface area contributed by atoms with Gasteiger partial charge in [-0.05, 0) is 46.0 Å². The molecular weight excluding hydrogens is 242 g/mol. The minimum absolute atomic E-state index is 0.122. The Morgan fingerprint density at radius 3 is 2.79 bits per heavy atom. The number of esters is 1. The zero-order valence-electron chi connectivity index (χ0n) is 11.8. The summed E-state index contributed by atoms with van der Waals surface area (Å²) in [6.07, 6.45) is 5.13. The zero-order valence-corrected chi connectivity index (χ0v) is 11.8. The van der Waals surface area contributed by atoms with Crippen molar-refractivity contribution in [3.8, 4) is 0 Å². The maximum Gasteiger partial charge on any atom is 0.325 e.